The zero-order valence-electron chi connectivity index (χ0n) is 15.7. The summed E-state index contributed by atoms with van der Waals surface area (Å²) in [7, 11) is 1.29. The number of carbonyl (C=O) groups is 2. The first-order chi connectivity index (χ1) is 12.3. The maximum Gasteiger partial charge on any atom is 0.328 e. The Labute approximate surface area is 152 Å². The van der Waals surface area contributed by atoms with Gasteiger partial charge in [0.1, 0.15) is 6.04 Å². The summed E-state index contributed by atoms with van der Waals surface area (Å²) in [6.07, 6.45) is 0.195. The summed E-state index contributed by atoms with van der Waals surface area (Å²) in [5.41, 5.74) is 1.06. The molecule has 142 valence electrons. The molecule has 2 aromatic rings. The van der Waals surface area contributed by atoms with Gasteiger partial charge in [-0.3, -0.25) is 9.48 Å². The summed E-state index contributed by atoms with van der Waals surface area (Å²) < 4.78 is 19.5. The Kier molecular flexibility index (Phi) is 6.71. The molecule has 1 N–H and O–H groups in total. The molecule has 0 saturated carbocycles. The summed E-state index contributed by atoms with van der Waals surface area (Å²) in [4.78, 5) is 24.6. The molecule has 26 heavy (non-hydrogen) atoms. The van der Waals surface area contributed by atoms with Crippen molar-refractivity contribution in [1.82, 2.24) is 15.1 Å². The predicted molar refractivity (Wildman–Crippen MR) is 97.6 cm³/mol. The molecule has 7 heteroatoms. The van der Waals surface area contributed by atoms with Gasteiger partial charge in [-0.2, -0.15) is 5.10 Å². The van der Waals surface area contributed by atoms with Crippen LogP contribution in [0.5, 0.6) is 0 Å². The molecule has 6 nitrogen and oxygen atoms in total. The van der Waals surface area contributed by atoms with E-state index in [0.29, 0.717) is 24.8 Å². The van der Waals surface area contributed by atoms with Crippen LogP contribution in [0.25, 0.3) is 10.9 Å². The zero-order valence-corrected chi connectivity index (χ0v) is 15.7. The molecular formula is C19H26FN3O3. The van der Waals surface area contributed by atoms with E-state index in [9.17, 15) is 14.0 Å². The normalized spacial score (nSPS) is 13.6. The second-order valence-corrected chi connectivity index (χ2v) is 6.73. The number of hydrogen-bond donors (Lipinski definition) is 1. The number of ether oxygens (including phenoxy) is 1. The van der Waals surface area contributed by atoms with Gasteiger partial charge in [0.15, 0.2) is 5.69 Å². The number of nitrogens with one attached hydrogen (secondary N) is 1. The molecule has 2 atom stereocenters. The number of amides is 1. The molecule has 1 aromatic carbocycles. The average molecular weight is 363 g/mol. The third-order valence-corrected chi connectivity index (χ3v) is 4.25. The van der Waals surface area contributed by atoms with E-state index in [4.69, 9.17) is 4.74 Å². The van der Waals surface area contributed by atoms with Crippen LogP contribution in [0, 0.1) is 5.92 Å². The smallest absolute Gasteiger partial charge is 0.328 e. The topological polar surface area (TPSA) is 73.2 Å². The van der Waals surface area contributed by atoms with Gasteiger partial charge in [0.2, 0.25) is 0 Å². The standard InChI is InChI=1S/C19H26FN3O3/c1-12(2)16(19(25)26-4)21-18(24)17-14-9-5-6-10-15(14)23(22-17)11-7-8-13(3)20/h5-6,9-10,12-13,16H,7-8,11H2,1-4H3,(H,21,24)/t13-,16-/m0/s1. The Morgan fingerprint density at radius 1 is 1.27 bits per heavy atom. The lowest BCUT2D eigenvalue weighted by molar-refractivity contribution is -0.144. The number of hydrogen-bond acceptors (Lipinski definition) is 4. The second kappa shape index (κ2) is 8.78. The predicted octanol–water partition coefficient (Wildman–Crippen LogP) is 3.10. The summed E-state index contributed by atoms with van der Waals surface area (Å²) >= 11 is 0. The number of aryl methyl sites for hydroxylation is 1. The van der Waals surface area contributed by atoms with Crippen molar-refractivity contribution in [3.05, 3.63) is 30.0 Å². The lowest BCUT2D eigenvalue weighted by Crippen LogP contribution is -2.45. The molecule has 2 rings (SSSR count). The Hall–Kier alpha value is -2.44. The van der Waals surface area contributed by atoms with E-state index in [1.807, 2.05) is 38.1 Å². The van der Waals surface area contributed by atoms with Gasteiger partial charge < -0.3 is 10.1 Å². The molecular weight excluding hydrogens is 337 g/mol. The molecule has 1 aromatic heterocycles. The van der Waals surface area contributed by atoms with Gasteiger partial charge in [-0.25, -0.2) is 9.18 Å². The number of nitrogens with zero attached hydrogens (tertiary/aromatic N) is 2. The van der Waals surface area contributed by atoms with Crippen LogP contribution in [0.4, 0.5) is 4.39 Å². The van der Waals surface area contributed by atoms with Gasteiger partial charge in [-0.05, 0) is 31.7 Å². The number of benzene rings is 1. The number of fused-ring (bicyclic) bond motifs is 1. The Balaban J connectivity index is 2.28. The van der Waals surface area contributed by atoms with E-state index in [2.05, 4.69) is 10.4 Å². The van der Waals surface area contributed by atoms with Crippen molar-refractivity contribution in [3.63, 3.8) is 0 Å². The van der Waals surface area contributed by atoms with E-state index >= 15 is 0 Å². The lowest BCUT2D eigenvalue weighted by Gasteiger charge is -2.19. The third kappa shape index (κ3) is 4.59. The molecule has 0 unspecified atom stereocenters. The minimum Gasteiger partial charge on any atom is -0.467 e. The molecule has 0 saturated heterocycles. The summed E-state index contributed by atoms with van der Waals surface area (Å²) in [6, 6.07) is 6.64. The monoisotopic (exact) mass is 363 g/mol. The van der Waals surface area contributed by atoms with Gasteiger partial charge in [0.05, 0.1) is 18.8 Å². The highest BCUT2D eigenvalue weighted by Gasteiger charge is 2.27. The Morgan fingerprint density at radius 3 is 2.58 bits per heavy atom. The van der Waals surface area contributed by atoms with Gasteiger partial charge >= 0.3 is 5.97 Å². The molecule has 0 aliphatic rings. The average Bonchev–Trinajstić information content (AvgIpc) is 2.97. The van der Waals surface area contributed by atoms with Gasteiger partial charge in [-0.1, -0.05) is 32.0 Å². The van der Waals surface area contributed by atoms with Crippen LogP contribution in [0.1, 0.15) is 44.1 Å². The number of halogens is 1. The quantitative estimate of drug-likeness (QED) is 0.732. The van der Waals surface area contributed by atoms with Crippen LogP contribution in [0.15, 0.2) is 24.3 Å². The number of esters is 1. The van der Waals surface area contributed by atoms with Gasteiger partial charge in [0, 0.05) is 11.9 Å². The molecule has 0 radical (unpaired) electrons. The number of carbonyl (C=O) groups excluding carboxylic acids is 2. The van der Waals surface area contributed by atoms with Crippen molar-refractivity contribution in [3.8, 4) is 0 Å². The van der Waals surface area contributed by atoms with Crippen LogP contribution in [-0.2, 0) is 16.1 Å². The molecule has 0 spiro atoms. The Morgan fingerprint density at radius 2 is 1.96 bits per heavy atom. The maximum absolute atomic E-state index is 13.0. The number of para-hydroxylation sites is 1. The molecule has 0 bridgehead atoms. The van der Waals surface area contributed by atoms with E-state index in [-0.39, 0.29) is 11.6 Å². The van der Waals surface area contributed by atoms with E-state index in [0.717, 1.165) is 5.52 Å². The number of methoxy groups -OCH3 is 1. The highest BCUT2D eigenvalue weighted by atomic mass is 19.1. The second-order valence-electron chi connectivity index (χ2n) is 6.73. The van der Waals surface area contributed by atoms with Crippen LogP contribution < -0.4 is 5.32 Å². The summed E-state index contributed by atoms with van der Waals surface area (Å²) in [5.74, 6) is -1.04. The highest BCUT2D eigenvalue weighted by molar-refractivity contribution is 6.06. The Bertz CT molecular complexity index is 770. The van der Waals surface area contributed by atoms with Crippen molar-refractivity contribution in [2.75, 3.05) is 7.11 Å². The van der Waals surface area contributed by atoms with Crippen LogP contribution in [0.2, 0.25) is 0 Å². The molecule has 1 heterocycles. The van der Waals surface area contributed by atoms with Crippen LogP contribution >= 0.6 is 0 Å². The fourth-order valence-electron chi connectivity index (χ4n) is 2.82. The molecule has 0 fully saturated rings. The molecule has 0 aliphatic heterocycles. The van der Waals surface area contributed by atoms with Crippen LogP contribution in [-0.4, -0.2) is 41.0 Å². The van der Waals surface area contributed by atoms with Crippen molar-refractivity contribution in [1.29, 1.82) is 0 Å². The van der Waals surface area contributed by atoms with Crippen molar-refractivity contribution in [2.45, 2.75) is 52.4 Å². The van der Waals surface area contributed by atoms with Crippen molar-refractivity contribution >= 4 is 22.8 Å². The van der Waals surface area contributed by atoms with E-state index in [1.54, 1.807) is 4.68 Å². The largest absolute Gasteiger partial charge is 0.467 e. The van der Waals surface area contributed by atoms with E-state index in [1.165, 1.54) is 14.0 Å². The minimum atomic E-state index is -0.869. The first-order valence-electron chi connectivity index (χ1n) is 8.83. The molecule has 0 aliphatic carbocycles. The SMILES string of the molecule is COC(=O)[C@@H](NC(=O)c1nn(CCC[C@H](C)F)c2ccccc12)C(C)C. The first-order valence-corrected chi connectivity index (χ1v) is 8.83. The zero-order chi connectivity index (χ0) is 19.3. The summed E-state index contributed by atoms with van der Waals surface area (Å²) in [6.45, 7) is 5.71. The number of alkyl halides is 1. The first kappa shape index (κ1) is 19.9. The van der Waals surface area contributed by atoms with Crippen molar-refractivity contribution in [2.24, 2.45) is 5.92 Å². The van der Waals surface area contributed by atoms with Crippen LogP contribution in [0.3, 0.4) is 0 Å². The minimum absolute atomic E-state index is 0.120. The summed E-state index contributed by atoms with van der Waals surface area (Å²) in [5, 5.41) is 7.83. The highest BCUT2D eigenvalue weighted by Crippen LogP contribution is 2.20. The number of rotatable bonds is 8. The maximum atomic E-state index is 13.0. The van der Waals surface area contributed by atoms with Gasteiger partial charge in [0.25, 0.3) is 5.91 Å². The fraction of sp³-hybridized carbons (Fsp3) is 0.526. The van der Waals surface area contributed by atoms with E-state index < -0.39 is 24.1 Å². The van der Waals surface area contributed by atoms with Gasteiger partial charge in [-0.15, -0.1) is 0 Å². The lowest BCUT2D eigenvalue weighted by atomic mass is 10.0. The third-order valence-electron chi connectivity index (χ3n) is 4.25. The molecule has 1 amide bonds. The van der Waals surface area contributed by atoms with Crippen molar-refractivity contribution < 1.29 is 18.7 Å². The number of aromatic nitrogens is 2. The fourth-order valence-corrected chi connectivity index (χ4v) is 2.82.